The largest absolute Gasteiger partial charge is 0.369 e. The fourth-order valence-electron chi connectivity index (χ4n) is 2.33. The van der Waals surface area contributed by atoms with Crippen molar-refractivity contribution in [2.24, 2.45) is 21.7 Å². The Morgan fingerprint density at radius 2 is 2.00 bits per heavy atom. The Kier molecular flexibility index (Phi) is 4.70. The molecule has 1 aromatic carbocycles. The Balaban J connectivity index is 2.28. The molecule has 1 saturated heterocycles. The quantitative estimate of drug-likeness (QED) is 0.373. The maximum absolute atomic E-state index is 11.3. The molecule has 1 heterocycles. The van der Waals surface area contributed by atoms with Gasteiger partial charge in [-0.15, -0.1) is 5.10 Å². The lowest BCUT2D eigenvalue weighted by Crippen LogP contribution is -2.29. The molecule has 1 aromatic rings. The SMILES string of the molecule is NC(N)=N/N=C/c1ccc(N2CCCCC2)c([N+](=O)[O-])c1. The molecule has 0 unspecified atom stereocenters. The molecule has 4 N–H and O–H groups in total. The highest BCUT2D eigenvalue weighted by atomic mass is 16.6. The van der Waals surface area contributed by atoms with Crippen LogP contribution in [0.3, 0.4) is 0 Å². The van der Waals surface area contributed by atoms with Crippen molar-refractivity contribution in [3.8, 4) is 0 Å². The van der Waals surface area contributed by atoms with Gasteiger partial charge >= 0.3 is 0 Å². The summed E-state index contributed by atoms with van der Waals surface area (Å²) in [7, 11) is 0. The van der Waals surface area contributed by atoms with Crippen molar-refractivity contribution in [3.05, 3.63) is 33.9 Å². The lowest BCUT2D eigenvalue weighted by Gasteiger charge is -2.28. The second-order valence-electron chi connectivity index (χ2n) is 4.82. The third-order valence-corrected chi connectivity index (χ3v) is 3.27. The maximum atomic E-state index is 11.3. The molecule has 0 amide bonds. The van der Waals surface area contributed by atoms with Crippen molar-refractivity contribution < 1.29 is 4.92 Å². The molecular weight excluding hydrogens is 272 g/mol. The minimum absolute atomic E-state index is 0.0746. The van der Waals surface area contributed by atoms with Gasteiger partial charge in [-0.25, -0.2) is 0 Å². The first-order valence-electron chi connectivity index (χ1n) is 6.73. The summed E-state index contributed by atoms with van der Waals surface area (Å²) in [5, 5.41) is 18.4. The van der Waals surface area contributed by atoms with E-state index in [1.807, 2.05) is 0 Å². The van der Waals surface area contributed by atoms with Gasteiger partial charge in [0, 0.05) is 24.7 Å². The first-order chi connectivity index (χ1) is 10.1. The smallest absolute Gasteiger partial charge is 0.293 e. The summed E-state index contributed by atoms with van der Waals surface area (Å²) in [4.78, 5) is 12.9. The summed E-state index contributed by atoms with van der Waals surface area (Å²) in [6.45, 7) is 1.70. The van der Waals surface area contributed by atoms with Crippen molar-refractivity contribution >= 4 is 23.5 Å². The van der Waals surface area contributed by atoms with Crippen LogP contribution in [0.15, 0.2) is 28.4 Å². The van der Waals surface area contributed by atoms with Crippen LogP contribution in [0.2, 0.25) is 0 Å². The number of nitro groups is 1. The third-order valence-electron chi connectivity index (χ3n) is 3.27. The molecule has 0 aliphatic carbocycles. The van der Waals surface area contributed by atoms with E-state index < -0.39 is 0 Å². The predicted molar refractivity (Wildman–Crippen MR) is 82.6 cm³/mol. The molecule has 8 heteroatoms. The normalized spacial score (nSPS) is 15.1. The molecule has 0 atom stereocenters. The molecule has 1 fully saturated rings. The van der Waals surface area contributed by atoms with Gasteiger partial charge in [-0.1, -0.05) is 6.07 Å². The van der Waals surface area contributed by atoms with Crippen molar-refractivity contribution in [3.63, 3.8) is 0 Å². The average Bonchev–Trinajstić information content (AvgIpc) is 2.47. The molecule has 112 valence electrons. The Morgan fingerprint density at radius 1 is 1.29 bits per heavy atom. The number of nitrogens with zero attached hydrogens (tertiary/aromatic N) is 4. The Bertz CT molecular complexity index is 574. The Morgan fingerprint density at radius 3 is 2.62 bits per heavy atom. The van der Waals surface area contributed by atoms with Crippen LogP contribution in [0.25, 0.3) is 0 Å². The zero-order valence-corrected chi connectivity index (χ0v) is 11.6. The molecule has 0 spiro atoms. The summed E-state index contributed by atoms with van der Waals surface area (Å²) in [6.07, 6.45) is 4.68. The van der Waals surface area contributed by atoms with Crippen molar-refractivity contribution in [2.45, 2.75) is 19.3 Å². The monoisotopic (exact) mass is 290 g/mol. The molecule has 2 rings (SSSR count). The zero-order valence-electron chi connectivity index (χ0n) is 11.6. The van der Waals surface area contributed by atoms with Crippen LogP contribution in [-0.2, 0) is 0 Å². The van der Waals surface area contributed by atoms with Crippen molar-refractivity contribution in [1.82, 2.24) is 0 Å². The van der Waals surface area contributed by atoms with Gasteiger partial charge in [0.25, 0.3) is 5.69 Å². The van der Waals surface area contributed by atoms with Crippen molar-refractivity contribution in [1.29, 1.82) is 0 Å². The van der Waals surface area contributed by atoms with Crippen LogP contribution < -0.4 is 16.4 Å². The Hall–Kier alpha value is -2.64. The van der Waals surface area contributed by atoms with E-state index >= 15 is 0 Å². The number of benzene rings is 1. The van der Waals surface area contributed by atoms with Gasteiger partial charge in [0.2, 0.25) is 5.96 Å². The van der Waals surface area contributed by atoms with E-state index in [0.29, 0.717) is 11.3 Å². The molecule has 21 heavy (non-hydrogen) atoms. The second kappa shape index (κ2) is 6.69. The summed E-state index contributed by atoms with van der Waals surface area (Å²) in [5.74, 6) is -0.161. The van der Waals surface area contributed by atoms with Gasteiger partial charge in [-0.2, -0.15) is 5.10 Å². The molecule has 0 aromatic heterocycles. The number of rotatable bonds is 4. The highest BCUT2D eigenvalue weighted by Crippen LogP contribution is 2.30. The molecule has 1 aliphatic heterocycles. The standard InChI is InChI=1S/C13H18N6O2/c14-13(15)17-16-9-10-4-5-11(12(8-10)19(20)21)18-6-2-1-3-7-18/h4-5,8-9H,1-3,6-7H2,(H4,14,15,17)/b16-9+. The van der Waals surface area contributed by atoms with Gasteiger partial charge in [-0.3, -0.25) is 10.1 Å². The van der Waals surface area contributed by atoms with Crippen LogP contribution >= 0.6 is 0 Å². The van der Waals surface area contributed by atoms with E-state index in [2.05, 4.69) is 15.1 Å². The number of guanidine groups is 1. The van der Waals surface area contributed by atoms with E-state index in [4.69, 9.17) is 11.5 Å². The first kappa shape index (κ1) is 14.8. The number of hydrogen-bond donors (Lipinski definition) is 2. The van der Waals surface area contributed by atoms with Crippen LogP contribution in [-0.4, -0.2) is 30.2 Å². The number of piperidine rings is 1. The predicted octanol–water partition coefficient (Wildman–Crippen LogP) is 1.19. The van der Waals surface area contributed by atoms with Gasteiger partial charge in [0.05, 0.1) is 11.1 Å². The average molecular weight is 290 g/mol. The molecule has 1 aliphatic rings. The van der Waals surface area contributed by atoms with Crippen LogP contribution in [0.4, 0.5) is 11.4 Å². The number of nitro benzene ring substituents is 1. The maximum Gasteiger partial charge on any atom is 0.293 e. The highest BCUT2D eigenvalue weighted by Gasteiger charge is 2.21. The van der Waals surface area contributed by atoms with Crippen LogP contribution in [0.1, 0.15) is 24.8 Å². The Labute approximate surface area is 122 Å². The summed E-state index contributed by atoms with van der Waals surface area (Å²) in [6, 6.07) is 5.00. The third kappa shape index (κ3) is 3.91. The van der Waals surface area contributed by atoms with Gasteiger partial charge < -0.3 is 16.4 Å². The number of hydrogen-bond acceptors (Lipinski definition) is 5. The molecule has 8 nitrogen and oxygen atoms in total. The fraction of sp³-hybridized carbons (Fsp3) is 0.385. The van der Waals surface area contributed by atoms with E-state index in [0.717, 1.165) is 25.9 Å². The van der Waals surface area contributed by atoms with Gasteiger partial charge in [0.1, 0.15) is 5.69 Å². The molecular formula is C13H18N6O2. The first-order valence-corrected chi connectivity index (χ1v) is 6.73. The van der Waals surface area contributed by atoms with Crippen LogP contribution in [0.5, 0.6) is 0 Å². The summed E-state index contributed by atoms with van der Waals surface area (Å²) >= 11 is 0. The summed E-state index contributed by atoms with van der Waals surface area (Å²) < 4.78 is 0. The number of nitrogens with two attached hydrogens (primary N) is 2. The molecule has 0 saturated carbocycles. The van der Waals surface area contributed by atoms with E-state index in [-0.39, 0.29) is 16.6 Å². The van der Waals surface area contributed by atoms with E-state index in [1.165, 1.54) is 18.7 Å². The molecule has 0 bridgehead atoms. The lowest BCUT2D eigenvalue weighted by atomic mass is 10.1. The topological polar surface area (TPSA) is 123 Å². The highest BCUT2D eigenvalue weighted by molar-refractivity contribution is 5.84. The van der Waals surface area contributed by atoms with Gasteiger partial charge in [0.15, 0.2) is 0 Å². The molecule has 0 radical (unpaired) electrons. The van der Waals surface area contributed by atoms with E-state index in [1.54, 1.807) is 12.1 Å². The zero-order chi connectivity index (χ0) is 15.2. The summed E-state index contributed by atoms with van der Waals surface area (Å²) in [5.41, 5.74) is 11.6. The van der Waals surface area contributed by atoms with Crippen LogP contribution in [0, 0.1) is 10.1 Å². The van der Waals surface area contributed by atoms with Crippen molar-refractivity contribution in [2.75, 3.05) is 18.0 Å². The minimum Gasteiger partial charge on any atom is -0.369 e. The second-order valence-corrected chi connectivity index (χ2v) is 4.82. The number of anilines is 1. The van der Waals surface area contributed by atoms with Gasteiger partial charge in [-0.05, 0) is 25.3 Å². The lowest BCUT2D eigenvalue weighted by molar-refractivity contribution is -0.384. The minimum atomic E-state index is -0.373. The van der Waals surface area contributed by atoms with E-state index in [9.17, 15) is 10.1 Å². The fourth-order valence-corrected chi connectivity index (χ4v) is 2.33.